The fourth-order valence-electron chi connectivity index (χ4n) is 8.21. The molecule has 0 spiro atoms. The molecule has 6 aromatic carbocycles. The van der Waals surface area contributed by atoms with Gasteiger partial charge in [-0.3, -0.25) is 9.80 Å². The van der Waals surface area contributed by atoms with Crippen molar-refractivity contribution in [2.75, 3.05) is 9.80 Å². The van der Waals surface area contributed by atoms with Gasteiger partial charge in [0.1, 0.15) is 0 Å². The summed E-state index contributed by atoms with van der Waals surface area (Å²) in [6.07, 6.45) is 0. The standard InChI is InChI=1S/C46H37BrN2O/c1-45(2)38-21-13-11-19-34(38)36-25-23-32(27-40(36)45)48(30-15-7-5-8-16-30)43-29-42(47)44(50-43)49(31-17-9-6-10-18-31)33-24-26-37-35-20-12-14-22-39(35)46(3,4)41(37)28-33/h5-29H,1-4H3. The van der Waals surface area contributed by atoms with Crippen molar-refractivity contribution in [3.8, 4) is 22.3 Å². The molecule has 50 heavy (non-hydrogen) atoms. The molecule has 0 saturated heterocycles. The molecular formula is C46H37BrN2O. The van der Waals surface area contributed by atoms with E-state index >= 15 is 0 Å². The number of anilines is 6. The summed E-state index contributed by atoms with van der Waals surface area (Å²) in [5, 5.41) is 0. The molecule has 0 radical (unpaired) electrons. The fraction of sp³-hybridized carbons (Fsp3) is 0.130. The molecule has 244 valence electrons. The molecule has 7 aromatic rings. The SMILES string of the molecule is CC1(C)c2ccccc2-c2ccc(N(c3ccccc3)c3cc(Br)c(N(c4ccccc4)c4ccc5c(c4)C(C)(C)c4ccccc4-5)o3)cc21. The zero-order valence-corrected chi connectivity index (χ0v) is 30.2. The van der Waals surface area contributed by atoms with E-state index in [1.807, 2.05) is 0 Å². The minimum atomic E-state index is -0.124. The molecule has 1 heterocycles. The summed E-state index contributed by atoms with van der Waals surface area (Å²) < 4.78 is 7.90. The second-order valence-electron chi connectivity index (χ2n) is 14.4. The molecule has 2 aliphatic carbocycles. The van der Waals surface area contributed by atoms with Gasteiger partial charge in [0.25, 0.3) is 0 Å². The first-order valence-corrected chi connectivity index (χ1v) is 18.0. The van der Waals surface area contributed by atoms with Gasteiger partial charge in [-0.05, 0) is 109 Å². The van der Waals surface area contributed by atoms with E-state index in [1.165, 1.54) is 44.5 Å². The van der Waals surface area contributed by atoms with Crippen LogP contribution in [0.3, 0.4) is 0 Å². The van der Waals surface area contributed by atoms with Gasteiger partial charge in [0.15, 0.2) is 0 Å². The zero-order chi connectivity index (χ0) is 34.2. The Hall–Kier alpha value is -5.32. The van der Waals surface area contributed by atoms with Crippen molar-refractivity contribution in [3.05, 3.63) is 178 Å². The summed E-state index contributed by atoms with van der Waals surface area (Å²) in [5.41, 5.74) is 14.4. The average molecular weight is 714 g/mol. The van der Waals surface area contributed by atoms with Crippen LogP contribution in [-0.2, 0) is 10.8 Å². The van der Waals surface area contributed by atoms with Crippen molar-refractivity contribution in [2.45, 2.75) is 38.5 Å². The van der Waals surface area contributed by atoms with Gasteiger partial charge >= 0.3 is 0 Å². The van der Waals surface area contributed by atoms with Crippen molar-refractivity contribution < 1.29 is 4.42 Å². The Bertz CT molecular complexity index is 2410. The van der Waals surface area contributed by atoms with Crippen LogP contribution in [-0.4, -0.2) is 0 Å². The molecule has 0 bridgehead atoms. The van der Waals surface area contributed by atoms with Crippen LogP contribution >= 0.6 is 15.9 Å². The maximum Gasteiger partial charge on any atom is 0.221 e. The zero-order valence-electron chi connectivity index (χ0n) is 28.6. The lowest BCUT2D eigenvalue weighted by atomic mass is 9.82. The topological polar surface area (TPSA) is 19.6 Å². The van der Waals surface area contributed by atoms with E-state index < -0.39 is 0 Å². The lowest BCUT2D eigenvalue weighted by molar-refractivity contribution is 0.578. The molecule has 0 atom stereocenters. The van der Waals surface area contributed by atoms with Crippen molar-refractivity contribution in [1.29, 1.82) is 0 Å². The van der Waals surface area contributed by atoms with Crippen LogP contribution in [0.5, 0.6) is 0 Å². The van der Waals surface area contributed by atoms with Crippen LogP contribution in [0.15, 0.2) is 161 Å². The van der Waals surface area contributed by atoms with Crippen LogP contribution in [0, 0.1) is 0 Å². The monoisotopic (exact) mass is 712 g/mol. The van der Waals surface area contributed by atoms with Crippen molar-refractivity contribution >= 4 is 50.4 Å². The quantitative estimate of drug-likeness (QED) is 0.171. The predicted molar refractivity (Wildman–Crippen MR) is 211 cm³/mol. The summed E-state index contributed by atoms with van der Waals surface area (Å²) in [6, 6.07) is 54.3. The molecule has 3 nitrogen and oxygen atoms in total. The second-order valence-corrected chi connectivity index (χ2v) is 15.2. The van der Waals surface area contributed by atoms with Gasteiger partial charge in [0.2, 0.25) is 11.8 Å². The maximum absolute atomic E-state index is 7.03. The molecule has 0 N–H and O–H groups in total. The number of hydrogen-bond acceptors (Lipinski definition) is 3. The van der Waals surface area contributed by atoms with Gasteiger partial charge < -0.3 is 4.42 Å². The third-order valence-corrected chi connectivity index (χ3v) is 11.3. The lowest BCUT2D eigenvalue weighted by Crippen LogP contribution is -2.16. The Balaban J connectivity index is 1.19. The van der Waals surface area contributed by atoms with Gasteiger partial charge in [-0.15, -0.1) is 0 Å². The van der Waals surface area contributed by atoms with Crippen molar-refractivity contribution in [1.82, 2.24) is 0 Å². The van der Waals surface area contributed by atoms with Crippen LogP contribution in [0.1, 0.15) is 49.9 Å². The summed E-state index contributed by atoms with van der Waals surface area (Å²) in [5.74, 6) is 1.44. The Morgan fingerprint density at radius 2 is 0.840 bits per heavy atom. The largest absolute Gasteiger partial charge is 0.422 e. The van der Waals surface area contributed by atoms with Crippen LogP contribution in [0.25, 0.3) is 22.3 Å². The molecule has 9 rings (SSSR count). The fourth-order valence-corrected chi connectivity index (χ4v) is 8.67. The second kappa shape index (κ2) is 11.4. The number of benzene rings is 6. The Morgan fingerprint density at radius 1 is 0.420 bits per heavy atom. The molecule has 0 amide bonds. The lowest BCUT2D eigenvalue weighted by Gasteiger charge is -2.27. The first-order valence-electron chi connectivity index (χ1n) is 17.2. The van der Waals surface area contributed by atoms with E-state index in [2.05, 4.69) is 205 Å². The number of para-hydroxylation sites is 2. The van der Waals surface area contributed by atoms with E-state index in [0.29, 0.717) is 5.88 Å². The summed E-state index contributed by atoms with van der Waals surface area (Å²) >= 11 is 3.96. The highest BCUT2D eigenvalue weighted by Crippen LogP contribution is 2.53. The highest BCUT2D eigenvalue weighted by atomic mass is 79.9. The van der Waals surface area contributed by atoms with Gasteiger partial charge in [-0.25, -0.2) is 0 Å². The minimum Gasteiger partial charge on any atom is -0.422 e. The summed E-state index contributed by atoms with van der Waals surface area (Å²) in [7, 11) is 0. The number of hydrogen-bond donors (Lipinski definition) is 0. The van der Waals surface area contributed by atoms with E-state index in [1.54, 1.807) is 0 Å². The van der Waals surface area contributed by atoms with Crippen molar-refractivity contribution in [3.63, 3.8) is 0 Å². The molecule has 0 aliphatic heterocycles. The van der Waals surface area contributed by atoms with E-state index in [0.717, 1.165) is 33.1 Å². The smallest absolute Gasteiger partial charge is 0.221 e. The Morgan fingerprint density at radius 3 is 1.36 bits per heavy atom. The molecule has 0 fully saturated rings. The molecule has 1 aromatic heterocycles. The molecule has 4 heteroatoms. The Kier molecular flexibility index (Phi) is 6.98. The van der Waals surface area contributed by atoms with E-state index in [9.17, 15) is 0 Å². The number of furan rings is 1. The number of nitrogens with zero attached hydrogens (tertiary/aromatic N) is 2. The van der Waals surface area contributed by atoms with Gasteiger partial charge in [0, 0.05) is 39.6 Å². The van der Waals surface area contributed by atoms with Gasteiger partial charge in [0.05, 0.1) is 4.47 Å². The number of rotatable bonds is 6. The predicted octanol–water partition coefficient (Wildman–Crippen LogP) is 13.6. The average Bonchev–Trinajstić information content (AvgIpc) is 3.70. The highest BCUT2D eigenvalue weighted by molar-refractivity contribution is 9.10. The molecular weight excluding hydrogens is 676 g/mol. The number of halogens is 1. The Labute approximate surface area is 302 Å². The molecule has 0 unspecified atom stereocenters. The molecule has 0 saturated carbocycles. The van der Waals surface area contributed by atoms with Crippen LogP contribution in [0.2, 0.25) is 0 Å². The van der Waals surface area contributed by atoms with Gasteiger partial charge in [-0.1, -0.05) is 125 Å². The third kappa shape index (κ3) is 4.62. The highest BCUT2D eigenvalue weighted by Gasteiger charge is 2.37. The number of fused-ring (bicyclic) bond motifs is 6. The minimum absolute atomic E-state index is 0.121. The van der Waals surface area contributed by atoms with Crippen LogP contribution < -0.4 is 9.80 Å². The molecule has 2 aliphatic rings. The summed E-state index contributed by atoms with van der Waals surface area (Å²) in [4.78, 5) is 4.44. The third-order valence-electron chi connectivity index (χ3n) is 10.8. The van der Waals surface area contributed by atoms with E-state index in [4.69, 9.17) is 4.42 Å². The van der Waals surface area contributed by atoms with Crippen molar-refractivity contribution in [2.24, 2.45) is 0 Å². The summed E-state index contributed by atoms with van der Waals surface area (Å²) in [6.45, 7) is 9.29. The maximum atomic E-state index is 7.03. The first kappa shape index (κ1) is 30.7. The van der Waals surface area contributed by atoms with Gasteiger partial charge in [-0.2, -0.15) is 0 Å². The first-order chi connectivity index (χ1) is 24.2. The van der Waals surface area contributed by atoms with E-state index in [-0.39, 0.29) is 10.8 Å². The normalized spacial score (nSPS) is 14.4. The van der Waals surface area contributed by atoms with Crippen LogP contribution in [0.4, 0.5) is 34.5 Å².